The minimum absolute atomic E-state index is 0.0558. The van der Waals surface area contributed by atoms with E-state index in [0.717, 1.165) is 18.6 Å². The van der Waals surface area contributed by atoms with Crippen molar-refractivity contribution in [3.05, 3.63) is 33.8 Å². The molecule has 0 saturated carbocycles. The second-order valence-corrected chi connectivity index (χ2v) is 5.50. The topological polar surface area (TPSA) is 9.23 Å². The lowest BCUT2D eigenvalue weighted by Crippen LogP contribution is -2.08. The highest BCUT2D eigenvalue weighted by molar-refractivity contribution is 6.42. The first-order valence-corrected chi connectivity index (χ1v) is 6.48. The van der Waals surface area contributed by atoms with E-state index < -0.39 is 0 Å². The van der Waals surface area contributed by atoms with Crippen molar-refractivity contribution in [1.82, 2.24) is 0 Å². The van der Waals surface area contributed by atoms with Crippen LogP contribution in [0.3, 0.4) is 0 Å². The Morgan fingerprint density at radius 1 is 1.31 bits per heavy atom. The predicted molar refractivity (Wildman–Crippen MR) is 68.6 cm³/mol. The van der Waals surface area contributed by atoms with E-state index in [1.165, 1.54) is 0 Å². The molecule has 1 aromatic rings. The van der Waals surface area contributed by atoms with Crippen molar-refractivity contribution < 1.29 is 4.74 Å². The largest absolute Gasteiger partial charge is 0.378 e. The Balaban J connectivity index is 2.14. The first-order chi connectivity index (χ1) is 7.58. The predicted octanol–water partition coefficient (Wildman–Crippen LogP) is 4.70. The third kappa shape index (κ3) is 2.65. The summed E-state index contributed by atoms with van der Waals surface area (Å²) in [7, 11) is 0. The zero-order valence-electron chi connectivity index (χ0n) is 8.92. The number of rotatable bonds is 2. The molecule has 0 N–H and O–H groups in total. The van der Waals surface area contributed by atoms with Crippen LogP contribution in [-0.4, -0.2) is 12.7 Å². The van der Waals surface area contributed by atoms with Gasteiger partial charge < -0.3 is 4.74 Å². The lowest BCUT2D eigenvalue weighted by Gasteiger charge is -2.16. The van der Waals surface area contributed by atoms with Crippen LogP contribution in [0.1, 0.15) is 24.3 Å². The zero-order chi connectivity index (χ0) is 11.7. The van der Waals surface area contributed by atoms with E-state index >= 15 is 0 Å². The van der Waals surface area contributed by atoms with Crippen LogP contribution in [0.25, 0.3) is 0 Å². The van der Waals surface area contributed by atoms with Crippen LogP contribution >= 0.6 is 34.8 Å². The lowest BCUT2D eigenvalue weighted by molar-refractivity contribution is 0.120. The Morgan fingerprint density at radius 2 is 2.06 bits per heavy atom. The molecule has 0 aliphatic carbocycles. The normalized spacial score (nSPS) is 27.0. The zero-order valence-corrected chi connectivity index (χ0v) is 11.2. The van der Waals surface area contributed by atoms with E-state index in [1.54, 1.807) is 6.07 Å². The number of hydrogen-bond acceptors (Lipinski definition) is 1. The maximum atomic E-state index is 6.42. The summed E-state index contributed by atoms with van der Waals surface area (Å²) in [6.45, 7) is 2.79. The van der Waals surface area contributed by atoms with Gasteiger partial charge in [0, 0.05) is 5.92 Å². The van der Waals surface area contributed by atoms with Gasteiger partial charge in [-0.1, -0.05) is 29.3 Å². The van der Waals surface area contributed by atoms with Crippen LogP contribution < -0.4 is 0 Å². The molecule has 0 spiro atoms. The van der Waals surface area contributed by atoms with Gasteiger partial charge in [-0.15, -0.1) is 11.6 Å². The van der Waals surface area contributed by atoms with Crippen LogP contribution in [0.5, 0.6) is 0 Å². The molecule has 2 rings (SSSR count). The Morgan fingerprint density at radius 3 is 2.62 bits per heavy atom. The van der Waals surface area contributed by atoms with E-state index in [-0.39, 0.29) is 5.38 Å². The number of benzene rings is 1. The number of ether oxygens (including phenoxy) is 1. The molecule has 88 valence electrons. The van der Waals surface area contributed by atoms with Gasteiger partial charge in [0.15, 0.2) is 0 Å². The fourth-order valence-electron chi connectivity index (χ4n) is 2.01. The number of alkyl halides is 1. The van der Waals surface area contributed by atoms with E-state index in [9.17, 15) is 0 Å². The van der Waals surface area contributed by atoms with Crippen molar-refractivity contribution in [3.63, 3.8) is 0 Å². The molecular weight excluding hydrogens is 266 g/mol. The Bertz CT molecular complexity index is 381. The average Bonchev–Trinajstić information content (AvgIpc) is 2.68. The summed E-state index contributed by atoms with van der Waals surface area (Å²) >= 11 is 18.3. The maximum absolute atomic E-state index is 6.42. The van der Waals surface area contributed by atoms with Crippen molar-refractivity contribution >= 4 is 34.8 Å². The van der Waals surface area contributed by atoms with Crippen LogP contribution in [0.15, 0.2) is 18.2 Å². The smallest absolute Gasteiger partial charge is 0.0636 e. The van der Waals surface area contributed by atoms with Crippen LogP contribution in [-0.2, 0) is 4.74 Å². The van der Waals surface area contributed by atoms with Gasteiger partial charge in [-0.05, 0) is 31.0 Å². The molecule has 1 heterocycles. The van der Waals surface area contributed by atoms with E-state index in [0.29, 0.717) is 22.1 Å². The fourth-order valence-corrected chi connectivity index (χ4v) is 2.63. The van der Waals surface area contributed by atoms with Crippen molar-refractivity contribution in [2.75, 3.05) is 6.61 Å². The second kappa shape index (κ2) is 5.14. The van der Waals surface area contributed by atoms with E-state index in [4.69, 9.17) is 39.5 Å². The number of halogens is 3. The van der Waals surface area contributed by atoms with Gasteiger partial charge in [0.1, 0.15) is 0 Å². The SMILES string of the molecule is CC1CC(C(Cl)c2ccc(Cl)c(Cl)c2)CO1. The van der Waals surface area contributed by atoms with E-state index in [2.05, 4.69) is 6.92 Å². The summed E-state index contributed by atoms with van der Waals surface area (Å²) in [6, 6.07) is 5.55. The van der Waals surface area contributed by atoms with Crippen LogP contribution in [0, 0.1) is 5.92 Å². The lowest BCUT2D eigenvalue weighted by atomic mass is 9.96. The Labute approximate surface area is 111 Å². The first kappa shape index (κ1) is 12.5. The third-order valence-corrected chi connectivity index (χ3v) is 4.25. The third-order valence-electron chi connectivity index (χ3n) is 2.91. The summed E-state index contributed by atoms with van der Waals surface area (Å²) in [4.78, 5) is 0. The van der Waals surface area contributed by atoms with Crippen molar-refractivity contribution in [2.24, 2.45) is 5.92 Å². The van der Waals surface area contributed by atoms with Gasteiger partial charge in [-0.2, -0.15) is 0 Å². The molecule has 16 heavy (non-hydrogen) atoms. The molecule has 4 heteroatoms. The molecule has 3 unspecified atom stereocenters. The minimum atomic E-state index is -0.0558. The van der Waals surface area contributed by atoms with Gasteiger partial charge in [-0.3, -0.25) is 0 Å². The quantitative estimate of drug-likeness (QED) is 0.713. The molecule has 1 aromatic carbocycles. The molecule has 0 amide bonds. The van der Waals surface area contributed by atoms with Gasteiger partial charge in [0.25, 0.3) is 0 Å². The molecule has 0 aromatic heterocycles. The molecule has 0 bridgehead atoms. The summed E-state index contributed by atoms with van der Waals surface area (Å²) in [6.07, 6.45) is 1.29. The van der Waals surface area contributed by atoms with Gasteiger partial charge in [0.05, 0.1) is 28.1 Å². The molecular formula is C12H13Cl3O. The standard InChI is InChI=1S/C12H13Cl3O/c1-7-4-9(6-16-7)12(15)8-2-3-10(13)11(14)5-8/h2-3,5,7,9,12H,4,6H2,1H3. The molecule has 0 radical (unpaired) electrons. The molecule has 1 nitrogen and oxygen atoms in total. The van der Waals surface area contributed by atoms with E-state index in [1.807, 2.05) is 12.1 Å². The first-order valence-electron chi connectivity index (χ1n) is 5.28. The molecule has 1 aliphatic rings. The highest BCUT2D eigenvalue weighted by Gasteiger charge is 2.29. The Hall–Kier alpha value is 0.0500. The minimum Gasteiger partial charge on any atom is -0.378 e. The monoisotopic (exact) mass is 278 g/mol. The molecule has 3 atom stereocenters. The van der Waals surface area contributed by atoms with Gasteiger partial charge in [-0.25, -0.2) is 0 Å². The maximum Gasteiger partial charge on any atom is 0.0636 e. The van der Waals surface area contributed by atoms with Gasteiger partial charge in [0.2, 0.25) is 0 Å². The van der Waals surface area contributed by atoms with Crippen LogP contribution in [0.4, 0.5) is 0 Å². The Kier molecular flexibility index (Phi) is 4.01. The van der Waals surface area contributed by atoms with Crippen LogP contribution in [0.2, 0.25) is 10.0 Å². The summed E-state index contributed by atoms with van der Waals surface area (Å²) < 4.78 is 5.52. The number of hydrogen-bond donors (Lipinski definition) is 0. The van der Waals surface area contributed by atoms with Crippen molar-refractivity contribution in [1.29, 1.82) is 0 Å². The summed E-state index contributed by atoms with van der Waals surface area (Å²) in [5.41, 5.74) is 1.01. The highest BCUT2D eigenvalue weighted by atomic mass is 35.5. The fraction of sp³-hybridized carbons (Fsp3) is 0.500. The second-order valence-electron chi connectivity index (χ2n) is 4.22. The summed E-state index contributed by atoms with van der Waals surface area (Å²) in [5.74, 6) is 0.355. The van der Waals surface area contributed by atoms with Crippen molar-refractivity contribution in [2.45, 2.75) is 24.8 Å². The average molecular weight is 280 g/mol. The molecule has 1 saturated heterocycles. The molecule has 1 aliphatic heterocycles. The summed E-state index contributed by atoms with van der Waals surface area (Å²) in [5, 5.41) is 1.06. The highest BCUT2D eigenvalue weighted by Crippen LogP contribution is 2.38. The molecule has 1 fully saturated rings. The van der Waals surface area contributed by atoms with Crippen molar-refractivity contribution in [3.8, 4) is 0 Å². The van der Waals surface area contributed by atoms with Gasteiger partial charge >= 0.3 is 0 Å².